The van der Waals surface area contributed by atoms with E-state index in [0.29, 0.717) is 22.8 Å². The summed E-state index contributed by atoms with van der Waals surface area (Å²) >= 11 is 1.29. The van der Waals surface area contributed by atoms with Crippen molar-refractivity contribution in [3.63, 3.8) is 0 Å². The van der Waals surface area contributed by atoms with Crippen molar-refractivity contribution in [2.75, 3.05) is 23.1 Å². The van der Waals surface area contributed by atoms with Gasteiger partial charge in [-0.3, -0.25) is 19.5 Å². The van der Waals surface area contributed by atoms with Crippen LogP contribution >= 0.6 is 11.8 Å². The summed E-state index contributed by atoms with van der Waals surface area (Å²) in [4.78, 5) is 47.9. The van der Waals surface area contributed by atoms with Crippen molar-refractivity contribution >= 4 is 56.8 Å². The van der Waals surface area contributed by atoms with Gasteiger partial charge in [0.2, 0.25) is 21.8 Å². The minimum Gasteiger partial charge on any atom is -0.480 e. The topological polar surface area (TPSA) is 162 Å². The van der Waals surface area contributed by atoms with Gasteiger partial charge in [-0.2, -0.15) is 4.31 Å². The lowest BCUT2D eigenvalue weighted by atomic mass is 10.0. The molecule has 0 bridgehead atoms. The van der Waals surface area contributed by atoms with Crippen LogP contribution in [-0.4, -0.2) is 75.3 Å². The third-order valence-corrected chi connectivity index (χ3v) is 10.2. The molecule has 0 aliphatic carbocycles. The average molecular weight is 643 g/mol. The SMILES string of the molecule is CC.CNc1cccnc1N(C(C)=O)c1ccc(C[C@H](NC(=O)C2N(S(=O)(=O)c3cccnc3)CSC2(C)C)C(=O)O)cc1. The number of nitrogens with zero attached hydrogens (tertiary/aromatic N) is 4. The van der Waals surface area contributed by atoms with Crippen LogP contribution in [0.1, 0.15) is 40.2 Å². The summed E-state index contributed by atoms with van der Waals surface area (Å²) in [6.45, 7) is 8.91. The quantitative estimate of drug-likeness (QED) is 0.296. The number of pyridine rings is 2. The standard InChI is InChI=1S/C28H32N6O6S2.C2H6/c1-18(35)34(25-22(29-4)8-6-14-31-25)20-11-9-19(10-12-20)15-23(27(37)38)32-26(36)24-28(2,3)41-17-33(24)42(39,40)21-7-5-13-30-16-21;1-2/h5-14,16,23-24,29H,15,17H2,1-4H3,(H,32,36)(H,37,38);1-2H3/t23-,24?;/m0./s1. The van der Waals surface area contributed by atoms with E-state index in [4.69, 9.17) is 0 Å². The maximum absolute atomic E-state index is 13.5. The number of aliphatic carboxylic acids is 1. The summed E-state index contributed by atoms with van der Waals surface area (Å²) in [5, 5.41) is 15.5. The van der Waals surface area contributed by atoms with E-state index in [-0.39, 0.29) is 23.1 Å². The van der Waals surface area contributed by atoms with Gasteiger partial charge in [-0.1, -0.05) is 26.0 Å². The molecule has 14 heteroatoms. The van der Waals surface area contributed by atoms with Gasteiger partial charge in [-0.15, -0.1) is 11.8 Å². The normalized spacial score (nSPS) is 16.6. The Morgan fingerprint density at radius 3 is 2.34 bits per heavy atom. The van der Waals surface area contributed by atoms with Crippen LogP contribution < -0.4 is 15.5 Å². The highest BCUT2D eigenvalue weighted by Gasteiger charge is 2.51. The van der Waals surface area contributed by atoms with Crippen LogP contribution in [0.4, 0.5) is 17.2 Å². The van der Waals surface area contributed by atoms with Gasteiger partial charge in [0.1, 0.15) is 17.0 Å². The van der Waals surface area contributed by atoms with Gasteiger partial charge in [0.15, 0.2) is 5.82 Å². The Morgan fingerprint density at radius 2 is 1.77 bits per heavy atom. The summed E-state index contributed by atoms with van der Waals surface area (Å²) in [7, 11) is -2.34. The Balaban J connectivity index is 0.00000259. The summed E-state index contributed by atoms with van der Waals surface area (Å²) in [6.07, 6.45) is 4.17. The van der Waals surface area contributed by atoms with E-state index in [1.807, 2.05) is 13.8 Å². The Kier molecular flexibility index (Phi) is 11.5. The Labute approximate surface area is 262 Å². The van der Waals surface area contributed by atoms with Gasteiger partial charge in [0, 0.05) is 43.7 Å². The summed E-state index contributed by atoms with van der Waals surface area (Å²) < 4.78 is 27.0. The minimum atomic E-state index is -4.07. The molecule has 2 aromatic heterocycles. The van der Waals surface area contributed by atoms with Crippen molar-refractivity contribution in [2.45, 2.75) is 62.8 Å². The number of hydrogen-bond donors (Lipinski definition) is 3. The number of rotatable bonds is 10. The Bertz CT molecular complexity index is 1570. The number of thioether (sulfide) groups is 1. The molecular formula is C30H38N6O6S2. The zero-order chi connectivity index (χ0) is 32.7. The Morgan fingerprint density at radius 1 is 1.11 bits per heavy atom. The lowest BCUT2D eigenvalue weighted by Crippen LogP contribution is -2.56. The third kappa shape index (κ3) is 7.55. The predicted molar refractivity (Wildman–Crippen MR) is 171 cm³/mol. The molecule has 1 aromatic carbocycles. The zero-order valence-electron chi connectivity index (χ0n) is 25.5. The van der Waals surface area contributed by atoms with E-state index in [2.05, 4.69) is 20.6 Å². The van der Waals surface area contributed by atoms with Crippen LogP contribution in [0.5, 0.6) is 0 Å². The minimum absolute atomic E-state index is 0.0275. The van der Waals surface area contributed by atoms with Gasteiger partial charge in [0.05, 0.1) is 17.3 Å². The second-order valence-electron chi connectivity index (χ2n) is 10.1. The fourth-order valence-electron chi connectivity index (χ4n) is 4.71. The Hall–Kier alpha value is -4.01. The molecule has 3 aromatic rings. The van der Waals surface area contributed by atoms with Crippen molar-refractivity contribution < 1.29 is 27.9 Å². The molecule has 3 heterocycles. The number of carboxylic acids is 1. The van der Waals surface area contributed by atoms with Crippen LogP contribution in [0.2, 0.25) is 0 Å². The molecule has 236 valence electrons. The number of aromatic nitrogens is 2. The first-order valence-electron chi connectivity index (χ1n) is 14.0. The molecule has 44 heavy (non-hydrogen) atoms. The smallest absolute Gasteiger partial charge is 0.326 e. The maximum atomic E-state index is 13.5. The van der Waals surface area contributed by atoms with Crippen molar-refractivity contribution in [1.82, 2.24) is 19.6 Å². The van der Waals surface area contributed by atoms with Crippen molar-refractivity contribution in [1.29, 1.82) is 0 Å². The van der Waals surface area contributed by atoms with Gasteiger partial charge in [0.25, 0.3) is 0 Å². The van der Waals surface area contributed by atoms with E-state index in [0.717, 1.165) is 4.31 Å². The zero-order valence-corrected chi connectivity index (χ0v) is 27.1. The first-order valence-corrected chi connectivity index (χ1v) is 16.4. The van der Waals surface area contributed by atoms with Gasteiger partial charge in [-0.25, -0.2) is 18.2 Å². The monoisotopic (exact) mass is 642 g/mol. The lowest BCUT2D eigenvalue weighted by Gasteiger charge is -2.30. The molecule has 2 amide bonds. The van der Waals surface area contributed by atoms with E-state index in [9.17, 15) is 27.9 Å². The van der Waals surface area contributed by atoms with Gasteiger partial charge in [-0.05, 0) is 55.8 Å². The van der Waals surface area contributed by atoms with E-state index in [1.165, 1.54) is 48.1 Å². The number of anilines is 3. The van der Waals surface area contributed by atoms with Gasteiger partial charge >= 0.3 is 5.97 Å². The molecule has 12 nitrogen and oxygen atoms in total. The number of sulfonamides is 1. The number of hydrogen-bond acceptors (Lipinski definition) is 9. The number of carbonyl (C=O) groups excluding carboxylic acids is 2. The van der Waals surface area contributed by atoms with Gasteiger partial charge < -0.3 is 15.7 Å². The summed E-state index contributed by atoms with van der Waals surface area (Å²) in [5.41, 5.74) is 1.76. The highest BCUT2D eigenvalue weighted by molar-refractivity contribution is 8.02. The molecule has 1 unspecified atom stereocenters. The second kappa shape index (κ2) is 14.6. The molecule has 0 radical (unpaired) electrons. The first-order chi connectivity index (χ1) is 20.9. The molecule has 0 saturated carbocycles. The highest BCUT2D eigenvalue weighted by Crippen LogP contribution is 2.42. The predicted octanol–water partition coefficient (Wildman–Crippen LogP) is 3.88. The van der Waals surface area contributed by atoms with Crippen molar-refractivity contribution in [2.24, 2.45) is 0 Å². The molecule has 1 saturated heterocycles. The number of nitrogens with one attached hydrogen (secondary N) is 2. The number of carbonyl (C=O) groups is 3. The molecule has 1 fully saturated rings. The molecule has 0 spiro atoms. The largest absolute Gasteiger partial charge is 0.480 e. The van der Waals surface area contributed by atoms with Crippen LogP contribution in [0.15, 0.2) is 72.0 Å². The van der Waals surface area contributed by atoms with Crippen molar-refractivity contribution in [3.05, 3.63) is 72.7 Å². The third-order valence-electron chi connectivity index (χ3n) is 6.83. The molecule has 4 rings (SSSR count). The lowest BCUT2D eigenvalue weighted by molar-refractivity contribution is -0.142. The maximum Gasteiger partial charge on any atom is 0.326 e. The molecular weight excluding hydrogens is 605 g/mol. The van der Waals surface area contributed by atoms with E-state index < -0.39 is 38.7 Å². The first kappa shape index (κ1) is 34.5. The number of amides is 2. The van der Waals surface area contributed by atoms with Crippen LogP contribution in [0.25, 0.3) is 0 Å². The average Bonchev–Trinajstić information content (AvgIpc) is 3.34. The summed E-state index contributed by atoms with van der Waals surface area (Å²) in [5.74, 6) is -1.80. The second-order valence-corrected chi connectivity index (χ2v) is 13.6. The number of benzene rings is 1. The number of carboxylic acid groups (broad SMARTS) is 1. The molecule has 3 N–H and O–H groups in total. The van der Waals surface area contributed by atoms with E-state index in [1.54, 1.807) is 63.5 Å². The summed E-state index contributed by atoms with van der Waals surface area (Å²) in [6, 6.07) is 10.6. The molecule has 1 aliphatic heterocycles. The molecule has 2 atom stereocenters. The van der Waals surface area contributed by atoms with Crippen LogP contribution in [0.3, 0.4) is 0 Å². The van der Waals surface area contributed by atoms with Crippen LogP contribution in [-0.2, 0) is 30.8 Å². The van der Waals surface area contributed by atoms with Crippen LogP contribution in [0, 0.1) is 0 Å². The fourth-order valence-corrected chi connectivity index (χ4v) is 7.84. The van der Waals surface area contributed by atoms with E-state index >= 15 is 0 Å². The fraction of sp³-hybridized carbons (Fsp3) is 0.367. The molecule has 1 aliphatic rings. The highest BCUT2D eigenvalue weighted by atomic mass is 32.2. The van der Waals surface area contributed by atoms with Crippen molar-refractivity contribution in [3.8, 4) is 0 Å².